The molecule has 0 fully saturated rings. The Kier molecular flexibility index (Phi) is 7.69. The SMILES string of the molecule is c1ccc(-c2nc(-c3ccc(-c4ccc5c(c4)C4(c6ccccc6-c6ccccc64)c4ccccc4-5)cc3)nc(-c3ccccc3-c3cccc4c3sc3ccccc34)n2)cc1. The lowest BCUT2D eigenvalue weighted by atomic mass is 9.70. The van der Waals surface area contributed by atoms with E-state index in [0.29, 0.717) is 17.5 Å². The maximum atomic E-state index is 5.25. The molecule has 0 radical (unpaired) electrons. The lowest BCUT2D eigenvalue weighted by Crippen LogP contribution is -2.25. The van der Waals surface area contributed by atoms with E-state index in [0.717, 1.165) is 27.8 Å². The van der Waals surface area contributed by atoms with Gasteiger partial charge < -0.3 is 0 Å². The number of thiophene rings is 1. The molecular weight excluding hydrogens is 771 g/mol. The summed E-state index contributed by atoms with van der Waals surface area (Å²) in [6.07, 6.45) is 0. The Labute approximate surface area is 363 Å². The first kappa shape index (κ1) is 35.0. The Balaban J connectivity index is 0.937. The minimum Gasteiger partial charge on any atom is -0.208 e. The van der Waals surface area contributed by atoms with E-state index in [1.54, 1.807) is 0 Å². The second kappa shape index (κ2) is 13.6. The van der Waals surface area contributed by atoms with Crippen LogP contribution in [0.15, 0.2) is 212 Å². The van der Waals surface area contributed by atoms with Crippen molar-refractivity contribution in [3.05, 3.63) is 235 Å². The summed E-state index contributed by atoms with van der Waals surface area (Å²) in [5.74, 6) is 1.93. The highest BCUT2D eigenvalue weighted by molar-refractivity contribution is 7.26. The normalized spacial score (nSPS) is 13.0. The first-order valence-corrected chi connectivity index (χ1v) is 21.9. The van der Waals surface area contributed by atoms with Gasteiger partial charge in [-0.2, -0.15) is 0 Å². The molecule has 0 aliphatic heterocycles. The molecule has 0 atom stereocenters. The van der Waals surface area contributed by atoms with E-state index < -0.39 is 0 Å². The van der Waals surface area contributed by atoms with Gasteiger partial charge in [-0.25, -0.2) is 15.0 Å². The summed E-state index contributed by atoms with van der Waals surface area (Å²) in [6, 6.07) is 76.7. The molecule has 0 bridgehead atoms. The van der Waals surface area contributed by atoms with E-state index in [-0.39, 0.29) is 5.41 Å². The molecule has 13 rings (SSSR count). The van der Waals surface area contributed by atoms with Crippen LogP contribution in [0.3, 0.4) is 0 Å². The maximum absolute atomic E-state index is 5.25. The Morgan fingerprint density at radius 1 is 0.290 bits per heavy atom. The zero-order valence-electron chi connectivity index (χ0n) is 33.5. The van der Waals surface area contributed by atoms with Gasteiger partial charge in [-0.1, -0.05) is 200 Å². The molecule has 11 aromatic rings. The van der Waals surface area contributed by atoms with Crippen LogP contribution in [0.1, 0.15) is 22.3 Å². The van der Waals surface area contributed by atoms with Crippen LogP contribution in [-0.4, -0.2) is 15.0 Å². The first-order chi connectivity index (χ1) is 30.7. The third-order valence-corrected chi connectivity index (χ3v) is 14.2. The van der Waals surface area contributed by atoms with Crippen LogP contribution in [-0.2, 0) is 5.41 Å². The van der Waals surface area contributed by atoms with Crippen LogP contribution in [0, 0.1) is 0 Å². The predicted octanol–water partition coefficient (Wildman–Crippen LogP) is 14.9. The average molecular weight is 806 g/mol. The molecule has 2 heterocycles. The molecule has 0 N–H and O–H groups in total. The van der Waals surface area contributed by atoms with Crippen LogP contribution >= 0.6 is 11.3 Å². The maximum Gasteiger partial charge on any atom is 0.164 e. The summed E-state index contributed by atoms with van der Waals surface area (Å²) in [6.45, 7) is 0. The number of benzene rings is 9. The summed E-state index contributed by atoms with van der Waals surface area (Å²) in [7, 11) is 0. The smallest absolute Gasteiger partial charge is 0.164 e. The highest BCUT2D eigenvalue weighted by atomic mass is 32.1. The van der Waals surface area contributed by atoms with Crippen LogP contribution < -0.4 is 0 Å². The first-order valence-electron chi connectivity index (χ1n) is 21.1. The molecule has 2 aliphatic carbocycles. The van der Waals surface area contributed by atoms with Gasteiger partial charge in [-0.3, -0.25) is 0 Å². The van der Waals surface area contributed by atoms with Crippen molar-refractivity contribution in [2.24, 2.45) is 0 Å². The minimum absolute atomic E-state index is 0.386. The van der Waals surface area contributed by atoms with Gasteiger partial charge in [0, 0.05) is 42.4 Å². The van der Waals surface area contributed by atoms with Crippen molar-refractivity contribution in [3.63, 3.8) is 0 Å². The molecule has 0 amide bonds. The molecule has 288 valence electrons. The molecule has 9 aromatic carbocycles. The van der Waals surface area contributed by atoms with Gasteiger partial charge in [0.05, 0.1) is 5.41 Å². The van der Waals surface area contributed by atoms with Crippen molar-refractivity contribution in [1.29, 1.82) is 0 Å². The van der Waals surface area contributed by atoms with E-state index in [1.165, 1.54) is 75.8 Å². The highest BCUT2D eigenvalue weighted by Gasteiger charge is 2.51. The summed E-state index contributed by atoms with van der Waals surface area (Å²) in [5.41, 5.74) is 17.7. The highest BCUT2D eigenvalue weighted by Crippen LogP contribution is 2.63. The van der Waals surface area contributed by atoms with Crippen molar-refractivity contribution in [2.45, 2.75) is 5.41 Å². The number of rotatable bonds is 5. The van der Waals surface area contributed by atoms with Crippen molar-refractivity contribution < 1.29 is 0 Å². The molecule has 0 unspecified atom stereocenters. The zero-order chi connectivity index (χ0) is 40.8. The number of hydrogen-bond acceptors (Lipinski definition) is 4. The van der Waals surface area contributed by atoms with E-state index in [2.05, 4.69) is 194 Å². The Hall–Kier alpha value is -7.79. The largest absolute Gasteiger partial charge is 0.208 e. The van der Waals surface area contributed by atoms with Gasteiger partial charge in [0.1, 0.15) is 0 Å². The molecular formula is C58H35N3S. The number of hydrogen-bond donors (Lipinski definition) is 0. The molecule has 2 aromatic heterocycles. The van der Waals surface area contributed by atoms with Gasteiger partial charge in [0.2, 0.25) is 0 Å². The fraction of sp³-hybridized carbons (Fsp3) is 0.0172. The third kappa shape index (κ3) is 5.08. The van der Waals surface area contributed by atoms with Crippen molar-refractivity contribution in [2.75, 3.05) is 0 Å². The van der Waals surface area contributed by atoms with Gasteiger partial charge in [-0.05, 0) is 73.3 Å². The lowest BCUT2D eigenvalue weighted by molar-refractivity contribution is 0.794. The standard InChI is InChI=1S/C58H35N3S/c1-2-15-37(16-3-1)55-59-56(61-57(60-55)48-22-5-4-17-40(48)46-23-14-24-47-45-21-9-13-28-53(45)62-54(46)47)38-31-29-36(30-32-38)39-33-34-44-43-20-8-12-27-51(43)58(52(44)35-39)49-25-10-6-18-41(49)42-19-7-11-26-50(42)58/h1-35H. The molecule has 1 spiro atoms. The second-order valence-corrected chi connectivity index (χ2v) is 17.3. The fourth-order valence-electron chi connectivity index (χ4n) is 10.3. The Morgan fingerprint density at radius 2 is 0.758 bits per heavy atom. The molecule has 4 heteroatoms. The fourth-order valence-corrected chi connectivity index (χ4v) is 11.5. The molecule has 0 saturated heterocycles. The number of nitrogens with zero attached hydrogens (tertiary/aromatic N) is 3. The molecule has 62 heavy (non-hydrogen) atoms. The Morgan fingerprint density at radius 3 is 1.44 bits per heavy atom. The monoisotopic (exact) mass is 805 g/mol. The molecule has 3 nitrogen and oxygen atoms in total. The van der Waals surface area contributed by atoms with Crippen LogP contribution in [0.5, 0.6) is 0 Å². The van der Waals surface area contributed by atoms with Crippen LogP contribution in [0.2, 0.25) is 0 Å². The summed E-state index contributed by atoms with van der Waals surface area (Å²) < 4.78 is 2.54. The quantitative estimate of drug-likeness (QED) is 0.174. The Bertz CT molecular complexity index is 3520. The number of aromatic nitrogens is 3. The lowest BCUT2D eigenvalue weighted by Gasteiger charge is -2.30. The van der Waals surface area contributed by atoms with Crippen LogP contribution in [0.4, 0.5) is 0 Å². The predicted molar refractivity (Wildman–Crippen MR) is 256 cm³/mol. The van der Waals surface area contributed by atoms with Crippen molar-refractivity contribution >= 4 is 31.5 Å². The van der Waals surface area contributed by atoms with E-state index in [4.69, 9.17) is 15.0 Å². The average Bonchev–Trinajstić information content (AvgIpc) is 3.98. The van der Waals surface area contributed by atoms with Gasteiger partial charge in [-0.15, -0.1) is 11.3 Å². The third-order valence-electron chi connectivity index (χ3n) is 13.0. The van der Waals surface area contributed by atoms with E-state index in [9.17, 15) is 0 Å². The molecule has 2 aliphatic rings. The van der Waals surface area contributed by atoms with Gasteiger partial charge >= 0.3 is 0 Å². The minimum atomic E-state index is -0.386. The number of fused-ring (bicyclic) bond motifs is 13. The van der Waals surface area contributed by atoms with E-state index >= 15 is 0 Å². The van der Waals surface area contributed by atoms with Crippen molar-refractivity contribution in [1.82, 2.24) is 15.0 Å². The summed E-state index contributed by atoms with van der Waals surface area (Å²) >= 11 is 1.84. The summed E-state index contributed by atoms with van der Waals surface area (Å²) in [5, 5.41) is 2.54. The van der Waals surface area contributed by atoms with E-state index in [1.807, 2.05) is 29.5 Å². The summed E-state index contributed by atoms with van der Waals surface area (Å²) in [4.78, 5) is 15.5. The second-order valence-electron chi connectivity index (χ2n) is 16.2. The van der Waals surface area contributed by atoms with Gasteiger partial charge in [0.15, 0.2) is 17.5 Å². The van der Waals surface area contributed by atoms with Gasteiger partial charge in [0.25, 0.3) is 0 Å². The zero-order valence-corrected chi connectivity index (χ0v) is 34.3. The van der Waals surface area contributed by atoms with Crippen molar-refractivity contribution in [3.8, 4) is 78.7 Å². The molecule has 0 saturated carbocycles. The van der Waals surface area contributed by atoms with Crippen LogP contribution in [0.25, 0.3) is 98.8 Å². The topological polar surface area (TPSA) is 38.7 Å².